The molecule has 0 saturated heterocycles. The second-order valence-corrected chi connectivity index (χ2v) is 3.21. The van der Waals surface area contributed by atoms with Crippen molar-refractivity contribution in [1.29, 1.82) is 0 Å². The van der Waals surface area contributed by atoms with Gasteiger partial charge in [-0.2, -0.15) is 0 Å². The molecule has 3 nitrogen and oxygen atoms in total. The number of pyridine rings is 1. The molecule has 1 atom stereocenters. The van der Waals surface area contributed by atoms with Gasteiger partial charge in [-0.1, -0.05) is 13.0 Å². The van der Waals surface area contributed by atoms with Crippen LogP contribution in [0.4, 0.5) is 0 Å². The summed E-state index contributed by atoms with van der Waals surface area (Å²) in [6, 6.07) is 3.79. The molecular formula is C10H13NO2. The number of carboxylic acids is 1. The lowest BCUT2D eigenvalue weighted by atomic mass is 10.0. The zero-order valence-corrected chi connectivity index (χ0v) is 7.82. The average Bonchev–Trinajstić information content (AvgIpc) is 2.08. The normalized spacial score (nSPS) is 12.5. The number of hydrogen-bond acceptors (Lipinski definition) is 2. The number of aromatic nitrogens is 1. The van der Waals surface area contributed by atoms with E-state index >= 15 is 0 Å². The summed E-state index contributed by atoms with van der Waals surface area (Å²) in [4.78, 5) is 14.7. The molecule has 0 spiro atoms. The molecule has 1 rings (SSSR count). The van der Waals surface area contributed by atoms with Gasteiger partial charge in [0.1, 0.15) is 0 Å². The number of hydrogen-bond donors (Lipinski definition) is 1. The third-order valence-electron chi connectivity index (χ3n) is 2.04. The highest BCUT2D eigenvalue weighted by Crippen LogP contribution is 2.09. The fourth-order valence-corrected chi connectivity index (χ4v) is 1.11. The second-order valence-electron chi connectivity index (χ2n) is 3.21. The Morgan fingerprint density at radius 3 is 2.92 bits per heavy atom. The van der Waals surface area contributed by atoms with Crippen LogP contribution < -0.4 is 0 Å². The predicted octanol–water partition coefficient (Wildman–Crippen LogP) is 1.65. The average molecular weight is 179 g/mol. The molecule has 0 saturated carbocycles. The maximum atomic E-state index is 10.6. The second kappa shape index (κ2) is 4.03. The van der Waals surface area contributed by atoms with E-state index in [9.17, 15) is 4.79 Å². The molecule has 3 heteroatoms. The number of carboxylic acid groups (broad SMARTS) is 1. The van der Waals surface area contributed by atoms with Crippen molar-refractivity contribution in [3.05, 3.63) is 29.6 Å². The van der Waals surface area contributed by atoms with Crippen molar-refractivity contribution in [2.75, 3.05) is 0 Å². The van der Waals surface area contributed by atoms with Crippen molar-refractivity contribution >= 4 is 5.97 Å². The van der Waals surface area contributed by atoms with Crippen LogP contribution in [-0.4, -0.2) is 16.1 Å². The first-order chi connectivity index (χ1) is 6.11. The van der Waals surface area contributed by atoms with Crippen molar-refractivity contribution in [2.45, 2.75) is 20.3 Å². The molecule has 0 aliphatic heterocycles. The highest BCUT2D eigenvalue weighted by atomic mass is 16.4. The van der Waals surface area contributed by atoms with E-state index in [4.69, 9.17) is 5.11 Å². The first-order valence-electron chi connectivity index (χ1n) is 4.24. The molecule has 1 aromatic rings. The van der Waals surface area contributed by atoms with E-state index in [-0.39, 0.29) is 5.92 Å². The molecule has 0 radical (unpaired) electrons. The fourth-order valence-electron chi connectivity index (χ4n) is 1.11. The third-order valence-corrected chi connectivity index (χ3v) is 2.04. The van der Waals surface area contributed by atoms with Gasteiger partial charge in [-0.15, -0.1) is 0 Å². The smallest absolute Gasteiger partial charge is 0.306 e. The Morgan fingerprint density at radius 1 is 1.69 bits per heavy atom. The van der Waals surface area contributed by atoms with E-state index in [0.717, 1.165) is 11.3 Å². The molecule has 1 unspecified atom stereocenters. The van der Waals surface area contributed by atoms with Crippen LogP contribution in [-0.2, 0) is 11.2 Å². The van der Waals surface area contributed by atoms with E-state index < -0.39 is 5.97 Å². The van der Waals surface area contributed by atoms with Crippen LogP contribution in [0, 0.1) is 12.8 Å². The van der Waals surface area contributed by atoms with E-state index in [1.165, 1.54) is 0 Å². The Bertz CT molecular complexity index is 310. The topological polar surface area (TPSA) is 50.2 Å². The van der Waals surface area contributed by atoms with Crippen LogP contribution >= 0.6 is 0 Å². The number of aliphatic carboxylic acids is 1. The lowest BCUT2D eigenvalue weighted by molar-refractivity contribution is -0.141. The molecule has 1 heterocycles. The Hall–Kier alpha value is -1.38. The molecule has 0 aliphatic carbocycles. The van der Waals surface area contributed by atoms with Crippen LogP contribution in [0.2, 0.25) is 0 Å². The fraction of sp³-hybridized carbons (Fsp3) is 0.400. The zero-order valence-electron chi connectivity index (χ0n) is 7.82. The first kappa shape index (κ1) is 9.71. The summed E-state index contributed by atoms with van der Waals surface area (Å²) in [5.74, 6) is -1.14. The van der Waals surface area contributed by atoms with Crippen molar-refractivity contribution in [2.24, 2.45) is 5.92 Å². The van der Waals surface area contributed by atoms with Crippen molar-refractivity contribution < 1.29 is 9.90 Å². The van der Waals surface area contributed by atoms with Gasteiger partial charge in [0, 0.05) is 18.3 Å². The molecule has 1 N–H and O–H groups in total. The Labute approximate surface area is 77.4 Å². The Kier molecular flexibility index (Phi) is 3.01. The number of aryl methyl sites for hydroxylation is 1. The minimum absolute atomic E-state index is 0.367. The minimum Gasteiger partial charge on any atom is -0.481 e. The van der Waals surface area contributed by atoms with Crippen LogP contribution in [0.25, 0.3) is 0 Å². The van der Waals surface area contributed by atoms with Crippen LogP contribution in [0.3, 0.4) is 0 Å². The van der Waals surface area contributed by atoms with Gasteiger partial charge in [0.05, 0.1) is 5.92 Å². The van der Waals surface area contributed by atoms with Crippen molar-refractivity contribution in [1.82, 2.24) is 4.98 Å². The van der Waals surface area contributed by atoms with E-state index in [1.54, 1.807) is 13.1 Å². The molecule has 0 aromatic carbocycles. The van der Waals surface area contributed by atoms with Crippen LogP contribution in [0.15, 0.2) is 18.3 Å². The Morgan fingerprint density at radius 2 is 2.38 bits per heavy atom. The SMILES string of the molecule is Cc1cccnc1CC(C)C(=O)O. The standard InChI is InChI=1S/C10H13NO2/c1-7-4-3-5-11-9(7)6-8(2)10(12)13/h3-5,8H,6H2,1-2H3,(H,12,13). The lowest BCUT2D eigenvalue weighted by Gasteiger charge is -2.07. The maximum Gasteiger partial charge on any atom is 0.306 e. The van der Waals surface area contributed by atoms with Gasteiger partial charge in [0.15, 0.2) is 0 Å². The minimum atomic E-state index is -0.773. The van der Waals surface area contributed by atoms with Gasteiger partial charge in [0.2, 0.25) is 0 Å². The zero-order chi connectivity index (χ0) is 9.84. The summed E-state index contributed by atoms with van der Waals surface area (Å²) in [6.07, 6.45) is 2.19. The maximum absolute atomic E-state index is 10.6. The lowest BCUT2D eigenvalue weighted by Crippen LogP contribution is -2.13. The number of nitrogens with zero attached hydrogens (tertiary/aromatic N) is 1. The van der Waals surface area contributed by atoms with Crippen LogP contribution in [0.5, 0.6) is 0 Å². The van der Waals surface area contributed by atoms with E-state index in [0.29, 0.717) is 6.42 Å². The predicted molar refractivity (Wildman–Crippen MR) is 49.5 cm³/mol. The van der Waals surface area contributed by atoms with Crippen molar-refractivity contribution in [3.8, 4) is 0 Å². The molecule has 13 heavy (non-hydrogen) atoms. The van der Waals surface area contributed by atoms with Crippen molar-refractivity contribution in [3.63, 3.8) is 0 Å². The van der Waals surface area contributed by atoms with E-state index in [2.05, 4.69) is 4.98 Å². The van der Waals surface area contributed by atoms with Gasteiger partial charge in [-0.3, -0.25) is 9.78 Å². The summed E-state index contributed by atoms with van der Waals surface area (Å²) < 4.78 is 0. The molecule has 0 aliphatic rings. The summed E-state index contributed by atoms with van der Waals surface area (Å²) in [6.45, 7) is 3.63. The van der Waals surface area contributed by atoms with Gasteiger partial charge in [-0.25, -0.2) is 0 Å². The molecule has 0 fully saturated rings. The molecular weight excluding hydrogens is 166 g/mol. The molecule has 1 aromatic heterocycles. The van der Waals surface area contributed by atoms with Gasteiger partial charge in [0.25, 0.3) is 0 Å². The molecule has 0 amide bonds. The van der Waals surface area contributed by atoms with Gasteiger partial charge < -0.3 is 5.11 Å². The highest BCUT2D eigenvalue weighted by molar-refractivity contribution is 5.69. The van der Waals surface area contributed by atoms with E-state index in [1.807, 2.05) is 19.1 Å². The molecule has 70 valence electrons. The monoisotopic (exact) mass is 179 g/mol. The van der Waals surface area contributed by atoms with Crippen LogP contribution in [0.1, 0.15) is 18.2 Å². The highest BCUT2D eigenvalue weighted by Gasteiger charge is 2.13. The molecule has 0 bridgehead atoms. The number of rotatable bonds is 3. The first-order valence-corrected chi connectivity index (χ1v) is 4.24. The summed E-state index contributed by atoms with van der Waals surface area (Å²) in [5.41, 5.74) is 1.92. The quantitative estimate of drug-likeness (QED) is 0.767. The number of carbonyl (C=O) groups is 1. The largest absolute Gasteiger partial charge is 0.481 e. The Balaban J connectivity index is 2.74. The van der Waals surface area contributed by atoms with Gasteiger partial charge >= 0.3 is 5.97 Å². The summed E-state index contributed by atoms with van der Waals surface area (Å²) in [5, 5.41) is 8.71. The summed E-state index contributed by atoms with van der Waals surface area (Å²) in [7, 11) is 0. The summed E-state index contributed by atoms with van der Waals surface area (Å²) >= 11 is 0. The van der Waals surface area contributed by atoms with Gasteiger partial charge in [-0.05, 0) is 18.6 Å². The third kappa shape index (κ3) is 2.54.